The van der Waals surface area contributed by atoms with Crippen molar-refractivity contribution in [2.24, 2.45) is 0 Å². The second kappa shape index (κ2) is 14.7. The van der Waals surface area contributed by atoms with E-state index in [1.807, 2.05) is 12.1 Å². The Balaban J connectivity index is 2.19. The Morgan fingerprint density at radius 3 is 2.00 bits per heavy atom. The topological polar surface area (TPSA) is 52.6 Å². The predicted octanol–water partition coefficient (Wildman–Crippen LogP) is 5.92. The number of carbonyl (C=O) groups excluding carboxylic acids is 1. The van der Waals surface area contributed by atoms with Crippen molar-refractivity contribution in [1.82, 2.24) is 0 Å². The Kier molecular flexibility index (Phi) is 12.9. The van der Waals surface area contributed by atoms with E-state index < -0.39 is 7.37 Å². The Morgan fingerprint density at radius 1 is 0.926 bits per heavy atom. The molecule has 4 nitrogen and oxygen atoms in total. The average Bonchev–Trinajstić information content (AvgIpc) is 2.70. The maximum Gasteiger partial charge on any atom is 0.236 e. The van der Waals surface area contributed by atoms with Gasteiger partial charge >= 0.3 is 0 Å². The zero-order chi connectivity index (χ0) is 19.8. The molecule has 27 heavy (non-hydrogen) atoms. The summed E-state index contributed by atoms with van der Waals surface area (Å²) in [6.45, 7) is 2.95. The summed E-state index contributed by atoms with van der Waals surface area (Å²) in [4.78, 5) is 10.4. The fourth-order valence-corrected chi connectivity index (χ4v) is 4.48. The van der Waals surface area contributed by atoms with Gasteiger partial charge in [-0.2, -0.15) is 0 Å². The third kappa shape index (κ3) is 9.96. The maximum absolute atomic E-state index is 12.6. The van der Waals surface area contributed by atoms with Gasteiger partial charge in [0.25, 0.3) is 0 Å². The highest BCUT2D eigenvalue weighted by Crippen LogP contribution is 2.44. The van der Waals surface area contributed by atoms with Gasteiger partial charge in [-0.05, 0) is 30.7 Å². The third-order valence-electron chi connectivity index (χ3n) is 4.71. The second-order valence-electron chi connectivity index (χ2n) is 6.88. The van der Waals surface area contributed by atoms with Crippen molar-refractivity contribution in [2.75, 3.05) is 19.9 Å². The number of benzene rings is 1. The lowest BCUT2D eigenvalue weighted by Gasteiger charge is -2.14. The van der Waals surface area contributed by atoms with E-state index in [2.05, 4.69) is 6.92 Å². The second-order valence-corrected chi connectivity index (χ2v) is 9.48. The van der Waals surface area contributed by atoms with Crippen molar-refractivity contribution in [3.8, 4) is 5.75 Å². The molecule has 0 radical (unpaired) electrons. The normalized spacial score (nSPS) is 13.0. The fourth-order valence-electron chi connectivity index (χ4n) is 2.99. The molecule has 0 aliphatic carbocycles. The first-order valence-corrected chi connectivity index (χ1v) is 12.0. The van der Waals surface area contributed by atoms with E-state index in [0.717, 1.165) is 12.2 Å². The van der Waals surface area contributed by atoms with Crippen LogP contribution in [-0.2, 0) is 13.9 Å². The lowest BCUT2D eigenvalue weighted by molar-refractivity contribution is 0.304. The predicted molar refractivity (Wildman–Crippen MR) is 113 cm³/mol. The molecule has 0 saturated heterocycles. The molecule has 1 unspecified atom stereocenters. The SMILES string of the molecule is CCCCCCCCCCCCOc1ccc(P(=O)(CC=C=O)OC)cc1. The van der Waals surface area contributed by atoms with Crippen molar-refractivity contribution in [2.45, 2.75) is 71.1 Å². The lowest BCUT2D eigenvalue weighted by atomic mass is 10.1. The van der Waals surface area contributed by atoms with E-state index in [1.165, 1.54) is 71.0 Å². The highest BCUT2D eigenvalue weighted by atomic mass is 31.2. The van der Waals surface area contributed by atoms with Gasteiger partial charge in [-0.25, -0.2) is 4.79 Å². The molecule has 1 rings (SSSR count). The molecule has 0 aliphatic rings. The number of hydrogen-bond acceptors (Lipinski definition) is 4. The Bertz CT molecular complexity index is 591. The van der Waals surface area contributed by atoms with E-state index in [0.29, 0.717) is 11.9 Å². The molecular weight excluding hydrogens is 359 g/mol. The smallest absolute Gasteiger partial charge is 0.236 e. The van der Waals surface area contributed by atoms with Crippen LogP contribution < -0.4 is 10.0 Å². The largest absolute Gasteiger partial charge is 0.494 e. The molecule has 0 N–H and O–H groups in total. The van der Waals surface area contributed by atoms with Crippen LogP contribution in [0.3, 0.4) is 0 Å². The van der Waals surface area contributed by atoms with Gasteiger partial charge in [-0.15, -0.1) is 0 Å². The van der Waals surface area contributed by atoms with Crippen LogP contribution >= 0.6 is 7.37 Å². The minimum absolute atomic E-state index is 0.0613. The molecule has 1 atom stereocenters. The van der Waals surface area contributed by atoms with Gasteiger partial charge in [-0.1, -0.05) is 64.7 Å². The lowest BCUT2D eigenvalue weighted by Crippen LogP contribution is -2.08. The number of rotatable bonds is 16. The molecule has 0 aliphatic heterocycles. The molecule has 0 amide bonds. The van der Waals surface area contributed by atoms with Gasteiger partial charge in [0, 0.05) is 18.5 Å². The van der Waals surface area contributed by atoms with Crippen LogP contribution in [0, 0.1) is 0 Å². The minimum atomic E-state index is -3.02. The van der Waals surface area contributed by atoms with Crippen LogP contribution in [0.2, 0.25) is 0 Å². The van der Waals surface area contributed by atoms with E-state index >= 15 is 0 Å². The van der Waals surface area contributed by atoms with Crippen molar-refractivity contribution in [1.29, 1.82) is 0 Å². The molecule has 0 fully saturated rings. The van der Waals surface area contributed by atoms with E-state index in [-0.39, 0.29) is 6.16 Å². The van der Waals surface area contributed by atoms with Gasteiger partial charge in [0.1, 0.15) is 11.7 Å². The first kappa shape index (κ1) is 23.7. The molecule has 152 valence electrons. The van der Waals surface area contributed by atoms with Crippen molar-refractivity contribution in [3.63, 3.8) is 0 Å². The zero-order valence-corrected chi connectivity index (χ0v) is 17.8. The molecule has 0 heterocycles. The summed E-state index contributed by atoms with van der Waals surface area (Å²) < 4.78 is 23.5. The zero-order valence-electron chi connectivity index (χ0n) is 17.0. The maximum atomic E-state index is 12.6. The van der Waals surface area contributed by atoms with Crippen LogP contribution in [0.15, 0.2) is 30.3 Å². The standard InChI is InChI=1S/C22H35O4P/c1-3-4-5-6-7-8-9-10-11-12-19-26-21-14-16-22(17-15-21)27(24,25-2)20-13-18-23/h13-17H,3-12,19-20H2,1-2H3. The Hall–Kier alpha value is -1.34. The summed E-state index contributed by atoms with van der Waals surface area (Å²) in [6, 6.07) is 7.11. The summed E-state index contributed by atoms with van der Waals surface area (Å²) in [5.74, 6) is 2.42. The van der Waals surface area contributed by atoms with Gasteiger partial charge in [-0.3, -0.25) is 4.57 Å². The molecule has 1 aromatic carbocycles. The summed E-state index contributed by atoms with van der Waals surface area (Å²) in [5.41, 5.74) is 0. The number of ether oxygens (including phenoxy) is 1. The molecular formula is C22H35O4P. The average molecular weight is 394 g/mol. The molecule has 0 bridgehead atoms. The number of allylic oxidation sites excluding steroid dienone is 1. The van der Waals surface area contributed by atoms with Gasteiger partial charge in [0.2, 0.25) is 7.37 Å². The van der Waals surface area contributed by atoms with Crippen LogP contribution in [0.5, 0.6) is 5.75 Å². The van der Waals surface area contributed by atoms with Crippen molar-refractivity contribution < 1.29 is 18.6 Å². The molecule has 5 heteroatoms. The number of hydrogen-bond donors (Lipinski definition) is 0. The highest BCUT2D eigenvalue weighted by molar-refractivity contribution is 7.67. The van der Waals surface area contributed by atoms with Gasteiger partial charge < -0.3 is 9.26 Å². The highest BCUT2D eigenvalue weighted by Gasteiger charge is 2.23. The van der Waals surface area contributed by atoms with Gasteiger partial charge in [0.05, 0.1) is 12.8 Å². The Labute approximate surface area is 164 Å². The fraction of sp³-hybridized carbons (Fsp3) is 0.636. The van der Waals surface area contributed by atoms with Crippen molar-refractivity contribution >= 4 is 18.6 Å². The van der Waals surface area contributed by atoms with Crippen LogP contribution in [0.25, 0.3) is 0 Å². The molecule has 0 saturated carbocycles. The first-order valence-electron chi connectivity index (χ1n) is 10.2. The summed E-state index contributed by atoms with van der Waals surface area (Å²) in [7, 11) is -1.62. The van der Waals surface area contributed by atoms with E-state index in [1.54, 1.807) is 18.1 Å². The summed E-state index contributed by atoms with van der Waals surface area (Å²) in [6.07, 6.45) is 14.3. The summed E-state index contributed by atoms with van der Waals surface area (Å²) in [5, 5.41) is 0.586. The molecule has 0 spiro atoms. The first-order chi connectivity index (χ1) is 13.2. The van der Waals surface area contributed by atoms with Crippen LogP contribution in [0.4, 0.5) is 0 Å². The van der Waals surface area contributed by atoms with E-state index in [4.69, 9.17) is 9.26 Å². The third-order valence-corrected chi connectivity index (χ3v) is 7.04. The molecule has 0 aromatic heterocycles. The van der Waals surface area contributed by atoms with E-state index in [9.17, 15) is 9.36 Å². The Morgan fingerprint density at radius 2 is 1.48 bits per heavy atom. The summed E-state index contributed by atoms with van der Waals surface area (Å²) >= 11 is 0. The minimum Gasteiger partial charge on any atom is -0.494 e. The number of unbranched alkanes of at least 4 members (excludes halogenated alkanes) is 9. The van der Waals surface area contributed by atoms with Crippen LogP contribution in [-0.4, -0.2) is 25.8 Å². The quantitative estimate of drug-likeness (QED) is 0.198. The van der Waals surface area contributed by atoms with Gasteiger partial charge in [0.15, 0.2) is 0 Å². The monoisotopic (exact) mass is 394 g/mol. The molecule has 1 aromatic rings. The van der Waals surface area contributed by atoms with Crippen LogP contribution in [0.1, 0.15) is 71.1 Å². The van der Waals surface area contributed by atoms with Crippen molar-refractivity contribution in [3.05, 3.63) is 30.3 Å².